The number of benzene rings is 1. The summed E-state index contributed by atoms with van der Waals surface area (Å²) in [4.78, 5) is 15.5. The largest absolute Gasteiger partial charge is 0.477 e. The van der Waals surface area contributed by atoms with Crippen LogP contribution in [0.3, 0.4) is 0 Å². The van der Waals surface area contributed by atoms with Gasteiger partial charge < -0.3 is 24.4 Å². The van der Waals surface area contributed by atoms with Crippen LogP contribution in [-0.4, -0.2) is 78.7 Å². The minimum Gasteiger partial charge on any atom is -0.477 e. The highest BCUT2D eigenvalue weighted by Gasteiger charge is 2.25. The second kappa shape index (κ2) is 12.1. The Labute approximate surface area is 215 Å². The lowest BCUT2D eigenvalue weighted by atomic mass is 9.86. The Balaban J connectivity index is 1.38. The Hall–Kier alpha value is -2.89. The van der Waals surface area contributed by atoms with Gasteiger partial charge in [0.05, 0.1) is 37.5 Å². The second-order valence-electron chi connectivity index (χ2n) is 9.53. The van der Waals surface area contributed by atoms with E-state index in [4.69, 9.17) is 14.2 Å². The van der Waals surface area contributed by atoms with Crippen molar-refractivity contribution in [1.82, 2.24) is 24.8 Å². The summed E-state index contributed by atoms with van der Waals surface area (Å²) < 4.78 is 46.3. The molecule has 37 heavy (non-hydrogen) atoms. The number of nitrogens with one attached hydrogen (secondary N) is 1. The van der Waals surface area contributed by atoms with Crippen molar-refractivity contribution in [3.8, 4) is 11.7 Å². The van der Waals surface area contributed by atoms with Gasteiger partial charge in [-0.3, -0.25) is 4.57 Å². The van der Waals surface area contributed by atoms with Crippen molar-refractivity contribution in [2.45, 2.75) is 38.2 Å². The van der Waals surface area contributed by atoms with Gasteiger partial charge in [0.2, 0.25) is 11.8 Å². The zero-order valence-electron chi connectivity index (χ0n) is 21.1. The van der Waals surface area contributed by atoms with Crippen LogP contribution in [0.15, 0.2) is 30.3 Å². The average molecular weight is 517 g/mol. The Morgan fingerprint density at radius 1 is 1.08 bits per heavy atom. The van der Waals surface area contributed by atoms with Gasteiger partial charge >= 0.3 is 0 Å². The molecule has 2 fully saturated rings. The maximum absolute atomic E-state index is 14.0. The van der Waals surface area contributed by atoms with E-state index in [9.17, 15) is 8.78 Å². The molecule has 1 aliphatic carbocycles. The predicted octanol–water partition coefficient (Wildman–Crippen LogP) is 3.76. The van der Waals surface area contributed by atoms with E-state index in [0.717, 1.165) is 32.2 Å². The topological polar surface area (TPSA) is 86.6 Å². The minimum absolute atomic E-state index is 0.321. The van der Waals surface area contributed by atoms with Crippen LogP contribution in [0.1, 0.15) is 37.9 Å². The third-order valence-electron chi connectivity index (χ3n) is 7.04. The number of methoxy groups -OCH3 is 1. The van der Waals surface area contributed by atoms with Gasteiger partial charge in [0.15, 0.2) is 5.82 Å². The molecule has 11 heteroatoms. The molecule has 2 aromatic heterocycles. The van der Waals surface area contributed by atoms with E-state index in [1.165, 1.54) is 4.57 Å². The number of aromatic nitrogens is 4. The van der Waals surface area contributed by atoms with Gasteiger partial charge in [-0.05, 0) is 43.7 Å². The molecule has 1 aromatic carbocycles. The van der Waals surface area contributed by atoms with Gasteiger partial charge in [-0.15, -0.1) is 0 Å². The Morgan fingerprint density at radius 3 is 2.62 bits per heavy atom. The summed E-state index contributed by atoms with van der Waals surface area (Å²) >= 11 is 0. The van der Waals surface area contributed by atoms with Crippen molar-refractivity contribution in [3.05, 3.63) is 36.2 Å². The molecule has 9 nitrogen and oxygen atoms in total. The van der Waals surface area contributed by atoms with E-state index in [2.05, 4.69) is 20.3 Å². The smallest absolute Gasteiger partial charge is 0.296 e. The molecule has 0 spiro atoms. The van der Waals surface area contributed by atoms with E-state index in [0.29, 0.717) is 80.2 Å². The monoisotopic (exact) mass is 516 g/mol. The predicted molar refractivity (Wildman–Crippen MR) is 136 cm³/mol. The number of fused-ring (bicyclic) bond motifs is 1. The number of para-hydroxylation sites is 2. The van der Waals surface area contributed by atoms with Crippen molar-refractivity contribution in [1.29, 1.82) is 0 Å². The van der Waals surface area contributed by atoms with Crippen LogP contribution < -0.4 is 15.0 Å². The molecule has 3 aromatic rings. The van der Waals surface area contributed by atoms with Crippen LogP contribution in [0.25, 0.3) is 16.9 Å². The lowest BCUT2D eigenvalue weighted by molar-refractivity contribution is 0.122. The molecule has 2 aliphatic rings. The van der Waals surface area contributed by atoms with Crippen molar-refractivity contribution >= 4 is 17.0 Å². The summed E-state index contributed by atoms with van der Waals surface area (Å²) in [7, 11) is 1.71. The molecule has 1 N–H and O–H groups in total. The number of nitrogens with zero attached hydrogens (tertiary/aromatic N) is 5. The first-order valence-corrected chi connectivity index (χ1v) is 12.9. The number of morpholine rings is 1. The van der Waals surface area contributed by atoms with Gasteiger partial charge in [-0.2, -0.15) is 9.97 Å². The van der Waals surface area contributed by atoms with Gasteiger partial charge in [0.25, 0.3) is 6.43 Å². The molecule has 1 saturated heterocycles. The first kappa shape index (κ1) is 25.7. The molecule has 0 amide bonds. The molecule has 1 saturated carbocycles. The normalized spacial score (nSPS) is 20.6. The summed E-state index contributed by atoms with van der Waals surface area (Å²) in [5.41, 5.74) is 1.05. The molecule has 5 rings (SSSR count). The summed E-state index contributed by atoms with van der Waals surface area (Å²) in [6, 6.07) is 9.22. The summed E-state index contributed by atoms with van der Waals surface area (Å²) in [5.74, 6) is 1.21. The van der Waals surface area contributed by atoms with Crippen molar-refractivity contribution in [2.75, 3.05) is 58.1 Å². The number of imidazole rings is 1. The van der Waals surface area contributed by atoms with E-state index in [-0.39, 0.29) is 5.82 Å². The third-order valence-corrected chi connectivity index (χ3v) is 7.04. The molecule has 0 bridgehead atoms. The average Bonchev–Trinajstić information content (AvgIpc) is 3.33. The quantitative estimate of drug-likeness (QED) is 0.408. The highest BCUT2D eigenvalue weighted by Crippen LogP contribution is 2.30. The fourth-order valence-electron chi connectivity index (χ4n) is 5.03. The Kier molecular flexibility index (Phi) is 8.42. The van der Waals surface area contributed by atoms with Crippen LogP contribution in [0.5, 0.6) is 5.88 Å². The third kappa shape index (κ3) is 6.16. The van der Waals surface area contributed by atoms with Crippen LogP contribution in [0.2, 0.25) is 0 Å². The molecule has 200 valence electrons. The van der Waals surface area contributed by atoms with Crippen LogP contribution in [0.4, 0.5) is 14.7 Å². The van der Waals surface area contributed by atoms with Crippen LogP contribution in [-0.2, 0) is 9.47 Å². The van der Waals surface area contributed by atoms with E-state index in [1.807, 2.05) is 4.90 Å². The molecule has 0 radical (unpaired) electrons. The highest BCUT2D eigenvalue weighted by molar-refractivity contribution is 5.78. The summed E-state index contributed by atoms with van der Waals surface area (Å²) in [6.45, 7) is 4.45. The van der Waals surface area contributed by atoms with Crippen molar-refractivity contribution in [2.24, 2.45) is 5.92 Å². The standard InChI is InChI=1S/C26H34F2N6O3/c1-35-13-10-29-19-8-6-18(7-9-19)17-37-23-16-22(31-26(32-23)33-11-14-36-15-12-33)34-21-5-3-2-4-20(21)30-25(34)24(27)28/h2-5,16,18-19,24,29H,6-15,17H2,1H3/t18-,19-. The molecule has 3 heterocycles. The highest BCUT2D eigenvalue weighted by atomic mass is 19.3. The number of alkyl halides is 2. The first-order valence-electron chi connectivity index (χ1n) is 12.9. The lowest BCUT2D eigenvalue weighted by Crippen LogP contribution is -2.37. The fourth-order valence-corrected chi connectivity index (χ4v) is 5.03. The molecule has 0 atom stereocenters. The molecule has 1 aliphatic heterocycles. The van der Waals surface area contributed by atoms with E-state index >= 15 is 0 Å². The Bertz CT molecular complexity index is 1160. The van der Waals surface area contributed by atoms with E-state index in [1.54, 1.807) is 37.4 Å². The molecular weight excluding hydrogens is 482 g/mol. The van der Waals surface area contributed by atoms with Crippen LogP contribution >= 0.6 is 0 Å². The SMILES string of the molecule is COCCN[C@H]1CC[C@H](COc2cc(-n3c(C(F)F)nc4ccccc43)nc(N3CCOCC3)n2)CC1. The number of ether oxygens (including phenoxy) is 3. The number of halogens is 2. The molecular formula is C26H34F2N6O3. The summed E-state index contributed by atoms with van der Waals surface area (Å²) in [6.07, 6.45) is 1.53. The van der Waals surface area contributed by atoms with Gasteiger partial charge in [-0.1, -0.05) is 12.1 Å². The van der Waals surface area contributed by atoms with E-state index < -0.39 is 6.43 Å². The maximum atomic E-state index is 14.0. The minimum atomic E-state index is -2.76. The zero-order valence-corrected chi connectivity index (χ0v) is 21.1. The number of hydrogen-bond acceptors (Lipinski definition) is 8. The zero-order chi connectivity index (χ0) is 25.6. The fraction of sp³-hybridized carbons (Fsp3) is 0.577. The van der Waals surface area contributed by atoms with Gasteiger partial charge in [-0.25, -0.2) is 13.8 Å². The van der Waals surface area contributed by atoms with Gasteiger partial charge in [0.1, 0.15) is 5.82 Å². The number of rotatable bonds is 10. The lowest BCUT2D eigenvalue weighted by Gasteiger charge is -2.29. The summed E-state index contributed by atoms with van der Waals surface area (Å²) in [5, 5.41) is 3.54. The van der Waals surface area contributed by atoms with Gasteiger partial charge in [0, 0.05) is 38.9 Å². The number of anilines is 1. The van der Waals surface area contributed by atoms with Crippen molar-refractivity contribution < 1.29 is 23.0 Å². The number of hydrogen-bond donors (Lipinski definition) is 1. The first-order chi connectivity index (χ1) is 18.1. The Morgan fingerprint density at radius 2 is 1.86 bits per heavy atom. The maximum Gasteiger partial charge on any atom is 0.296 e. The van der Waals surface area contributed by atoms with Crippen LogP contribution in [0, 0.1) is 5.92 Å². The molecule has 0 unspecified atom stereocenters. The second-order valence-corrected chi connectivity index (χ2v) is 9.53. The van der Waals surface area contributed by atoms with Crippen molar-refractivity contribution in [3.63, 3.8) is 0 Å².